The van der Waals surface area contributed by atoms with Crippen molar-refractivity contribution in [1.29, 1.82) is 0 Å². The van der Waals surface area contributed by atoms with E-state index in [0.29, 0.717) is 23.8 Å². The third-order valence-corrected chi connectivity index (χ3v) is 5.39. The number of halogens is 1. The van der Waals surface area contributed by atoms with Crippen LogP contribution in [0.15, 0.2) is 47.5 Å². The Morgan fingerprint density at radius 1 is 1.20 bits per heavy atom. The van der Waals surface area contributed by atoms with Gasteiger partial charge in [0.1, 0.15) is 23.8 Å². The number of aliphatic hydroxyl groups is 1. The van der Waals surface area contributed by atoms with Gasteiger partial charge in [-0.3, -0.25) is 14.9 Å². The molecule has 3 aromatic rings. The van der Waals surface area contributed by atoms with E-state index in [-0.39, 0.29) is 6.04 Å². The average molecular weight is 426 g/mol. The molecule has 1 aliphatic heterocycles. The summed E-state index contributed by atoms with van der Waals surface area (Å²) in [5.74, 6) is 2.18. The highest BCUT2D eigenvalue weighted by Crippen LogP contribution is 2.34. The number of benzene rings is 2. The normalized spacial score (nSPS) is 16.3. The van der Waals surface area contributed by atoms with Crippen molar-refractivity contribution in [3.63, 3.8) is 0 Å². The number of nitrogens with one attached hydrogen (secondary N) is 1. The SMILES string of the molecule is CCNC(O)C[C@@H]1N=C(c2ccc(Cl)cc2)c2cc(OC)ccc2-n2c(C)nnc21. The van der Waals surface area contributed by atoms with E-state index in [4.69, 9.17) is 21.3 Å². The summed E-state index contributed by atoms with van der Waals surface area (Å²) < 4.78 is 7.49. The number of methoxy groups -OCH3 is 1. The number of rotatable bonds is 6. The van der Waals surface area contributed by atoms with E-state index in [1.54, 1.807) is 7.11 Å². The fourth-order valence-electron chi connectivity index (χ4n) is 3.73. The van der Waals surface area contributed by atoms with Crippen molar-refractivity contribution in [3.8, 4) is 11.4 Å². The minimum absolute atomic E-state index is 0.369. The number of nitrogens with zero attached hydrogens (tertiary/aromatic N) is 4. The smallest absolute Gasteiger partial charge is 0.162 e. The highest BCUT2D eigenvalue weighted by Gasteiger charge is 2.29. The molecule has 1 aliphatic rings. The van der Waals surface area contributed by atoms with Crippen LogP contribution in [0, 0.1) is 6.92 Å². The summed E-state index contributed by atoms with van der Waals surface area (Å²) in [7, 11) is 1.64. The first kappa shape index (κ1) is 20.5. The van der Waals surface area contributed by atoms with Crippen molar-refractivity contribution in [1.82, 2.24) is 20.1 Å². The summed E-state index contributed by atoms with van der Waals surface area (Å²) in [5, 5.41) is 22.8. The predicted octanol–water partition coefficient (Wildman–Crippen LogP) is 3.45. The third kappa shape index (κ3) is 3.84. The van der Waals surface area contributed by atoms with Crippen molar-refractivity contribution in [2.75, 3.05) is 13.7 Å². The number of hydrogen-bond donors (Lipinski definition) is 2. The largest absolute Gasteiger partial charge is 0.497 e. The zero-order valence-electron chi connectivity index (χ0n) is 17.1. The number of aliphatic imine (C=N–C) groups is 1. The molecule has 1 aromatic heterocycles. The zero-order chi connectivity index (χ0) is 21.3. The number of aromatic nitrogens is 3. The van der Waals surface area contributed by atoms with Gasteiger partial charge in [-0.05, 0) is 43.8 Å². The van der Waals surface area contributed by atoms with Crippen LogP contribution in [0.2, 0.25) is 5.02 Å². The first-order valence-electron chi connectivity index (χ1n) is 9.87. The van der Waals surface area contributed by atoms with E-state index >= 15 is 0 Å². The molecule has 2 heterocycles. The standard InChI is InChI=1S/C22H24ClN5O2/c1-4-24-20(29)12-18-22-27-26-13(2)28(22)19-10-9-16(30-3)11-17(19)21(25-18)14-5-7-15(23)8-6-14/h5-11,18,20,24,29H,4,12H2,1-3H3/t18-,20?/m0/s1. The van der Waals surface area contributed by atoms with Crippen molar-refractivity contribution in [2.45, 2.75) is 32.5 Å². The number of aliphatic hydroxyl groups excluding tert-OH is 1. The molecule has 4 rings (SSSR count). The minimum Gasteiger partial charge on any atom is -0.497 e. The molecule has 2 N–H and O–H groups in total. The van der Waals surface area contributed by atoms with Crippen LogP contribution in [-0.2, 0) is 0 Å². The Morgan fingerprint density at radius 3 is 2.67 bits per heavy atom. The van der Waals surface area contributed by atoms with Gasteiger partial charge in [-0.1, -0.05) is 30.7 Å². The molecule has 1 unspecified atom stereocenters. The summed E-state index contributed by atoms with van der Waals surface area (Å²) in [6.45, 7) is 4.52. The Kier molecular flexibility index (Phi) is 5.85. The molecule has 2 aromatic carbocycles. The molecule has 0 aliphatic carbocycles. The Hall–Kier alpha value is -2.74. The highest BCUT2D eigenvalue weighted by atomic mass is 35.5. The molecule has 0 spiro atoms. The maximum Gasteiger partial charge on any atom is 0.162 e. The second-order valence-electron chi connectivity index (χ2n) is 7.13. The van der Waals surface area contributed by atoms with E-state index in [9.17, 15) is 5.11 Å². The number of hydrogen-bond acceptors (Lipinski definition) is 6. The van der Waals surface area contributed by atoms with Gasteiger partial charge in [0.05, 0.1) is 18.5 Å². The molecule has 0 saturated heterocycles. The van der Waals surface area contributed by atoms with Crippen molar-refractivity contribution >= 4 is 17.3 Å². The zero-order valence-corrected chi connectivity index (χ0v) is 17.9. The first-order chi connectivity index (χ1) is 14.5. The molecule has 156 valence electrons. The molecule has 0 bridgehead atoms. The van der Waals surface area contributed by atoms with E-state index < -0.39 is 6.23 Å². The number of aryl methyl sites for hydroxylation is 1. The van der Waals surface area contributed by atoms with E-state index in [2.05, 4.69) is 15.5 Å². The molecule has 2 atom stereocenters. The fraction of sp³-hybridized carbons (Fsp3) is 0.318. The van der Waals surface area contributed by atoms with Crippen molar-refractivity contribution in [2.24, 2.45) is 4.99 Å². The van der Waals surface area contributed by atoms with Gasteiger partial charge in [0, 0.05) is 22.6 Å². The van der Waals surface area contributed by atoms with Crippen molar-refractivity contribution < 1.29 is 9.84 Å². The average Bonchev–Trinajstić information content (AvgIpc) is 3.06. The number of fused-ring (bicyclic) bond motifs is 3. The van der Waals surface area contributed by atoms with Crippen molar-refractivity contribution in [3.05, 3.63) is 70.3 Å². The summed E-state index contributed by atoms with van der Waals surface area (Å²) in [6, 6.07) is 13.1. The molecule has 0 radical (unpaired) electrons. The van der Waals surface area contributed by atoms with Gasteiger partial charge in [-0.2, -0.15) is 0 Å². The van der Waals surface area contributed by atoms with Crippen LogP contribution in [0.25, 0.3) is 5.69 Å². The van der Waals surface area contributed by atoms with Crippen LogP contribution in [0.5, 0.6) is 5.75 Å². The summed E-state index contributed by atoms with van der Waals surface area (Å²) in [4.78, 5) is 5.06. The van der Waals surface area contributed by atoms with Gasteiger partial charge in [-0.15, -0.1) is 10.2 Å². The number of ether oxygens (including phenoxy) is 1. The van der Waals surface area contributed by atoms with Gasteiger partial charge in [0.25, 0.3) is 0 Å². The van der Waals surface area contributed by atoms with Crippen LogP contribution in [0.1, 0.15) is 42.2 Å². The molecular formula is C22H24ClN5O2. The molecule has 8 heteroatoms. The topological polar surface area (TPSA) is 84.6 Å². The predicted molar refractivity (Wildman–Crippen MR) is 117 cm³/mol. The molecule has 30 heavy (non-hydrogen) atoms. The molecule has 7 nitrogen and oxygen atoms in total. The lowest BCUT2D eigenvalue weighted by Gasteiger charge is -2.17. The van der Waals surface area contributed by atoms with Gasteiger partial charge in [0.15, 0.2) is 5.82 Å². The second-order valence-corrected chi connectivity index (χ2v) is 7.57. The lowest BCUT2D eigenvalue weighted by atomic mass is 10.00. The Balaban J connectivity index is 1.94. The van der Waals surface area contributed by atoms with Crippen LogP contribution >= 0.6 is 11.6 Å². The van der Waals surface area contributed by atoms with Gasteiger partial charge in [-0.25, -0.2) is 0 Å². The van der Waals surface area contributed by atoms with Gasteiger partial charge in [0.2, 0.25) is 0 Å². The van der Waals surface area contributed by atoms with E-state index in [1.165, 1.54) is 0 Å². The summed E-state index contributed by atoms with van der Waals surface area (Å²) >= 11 is 6.12. The molecule has 0 amide bonds. The van der Waals surface area contributed by atoms with Crippen LogP contribution in [0.4, 0.5) is 0 Å². The third-order valence-electron chi connectivity index (χ3n) is 5.14. The van der Waals surface area contributed by atoms with Crippen LogP contribution in [-0.4, -0.2) is 45.5 Å². The Bertz CT molecular complexity index is 1080. The van der Waals surface area contributed by atoms with E-state index in [1.807, 2.05) is 60.9 Å². The van der Waals surface area contributed by atoms with Gasteiger partial charge < -0.3 is 9.84 Å². The minimum atomic E-state index is -0.712. The lowest BCUT2D eigenvalue weighted by molar-refractivity contribution is 0.121. The first-order valence-corrected chi connectivity index (χ1v) is 10.3. The molecule has 0 fully saturated rings. The maximum absolute atomic E-state index is 10.4. The highest BCUT2D eigenvalue weighted by molar-refractivity contribution is 6.30. The Morgan fingerprint density at radius 2 is 1.97 bits per heavy atom. The van der Waals surface area contributed by atoms with Crippen LogP contribution in [0.3, 0.4) is 0 Å². The summed E-state index contributed by atoms with van der Waals surface area (Å²) in [5.41, 5.74) is 3.54. The molecule has 0 saturated carbocycles. The Labute approximate surface area is 180 Å². The quantitative estimate of drug-likeness (QED) is 0.591. The molecular weight excluding hydrogens is 402 g/mol. The summed E-state index contributed by atoms with van der Waals surface area (Å²) in [6.07, 6.45) is -0.342. The van der Waals surface area contributed by atoms with Crippen LogP contribution < -0.4 is 10.1 Å². The second kappa shape index (κ2) is 8.55. The monoisotopic (exact) mass is 425 g/mol. The lowest BCUT2D eigenvalue weighted by Crippen LogP contribution is -2.30. The fourth-order valence-corrected chi connectivity index (χ4v) is 3.85. The van der Waals surface area contributed by atoms with Gasteiger partial charge >= 0.3 is 0 Å². The van der Waals surface area contributed by atoms with E-state index in [0.717, 1.165) is 34.1 Å². The maximum atomic E-state index is 10.4.